The van der Waals surface area contributed by atoms with E-state index in [2.05, 4.69) is 10.6 Å². The smallest absolute Gasteiger partial charge is 0.315 e. The van der Waals surface area contributed by atoms with E-state index in [1.807, 2.05) is 27.7 Å². The number of hydrogen-bond acceptors (Lipinski definition) is 3. The first-order chi connectivity index (χ1) is 8.66. The van der Waals surface area contributed by atoms with Crippen molar-refractivity contribution < 1.29 is 15.0 Å². The van der Waals surface area contributed by atoms with Crippen LogP contribution in [0, 0.1) is 11.3 Å². The SMILES string of the molecule is CC(C)CC(CO)NC(=O)NCC(C)(C)CC(C)O. The molecular weight excluding hydrogens is 244 g/mol. The molecule has 5 heteroatoms. The van der Waals surface area contributed by atoms with Crippen molar-refractivity contribution in [1.82, 2.24) is 10.6 Å². The van der Waals surface area contributed by atoms with Gasteiger partial charge in [0, 0.05) is 6.54 Å². The number of aliphatic hydroxyl groups is 2. The van der Waals surface area contributed by atoms with E-state index in [1.54, 1.807) is 6.92 Å². The lowest BCUT2D eigenvalue weighted by molar-refractivity contribution is 0.128. The van der Waals surface area contributed by atoms with Crippen LogP contribution in [0.3, 0.4) is 0 Å². The van der Waals surface area contributed by atoms with Crippen LogP contribution in [-0.2, 0) is 0 Å². The molecule has 0 bridgehead atoms. The summed E-state index contributed by atoms with van der Waals surface area (Å²) in [5, 5.41) is 24.1. The maximum Gasteiger partial charge on any atom is 0.315 e. The lowest BCUT2D eigenvalue weighted by Crippen LogP contribution is -2.47. The van der Waals surface area contributed by atoms with Crippen molar-refractivity contribution in [2.75, 3.05) is 13.2 Å². The van der Waals surface area contributed by atoms with Gasteiger partial charge in [0.1, 0.15) is 0 Å². The van der Waals surface area contributed by atoms with Crippen LogP contribution in [0.4, 0.5) is 4.79 Å². The van der Waals surface area contributed by atoms with Crippen molar-refractivity contribution in [3.8, 4) is 0 Å². The standard InChI is InChI=1S/C14H30N2O3/c1-10(2)6-12(8-17)16-13(19)15-9-14(4,5)7-11(3)18/h10-12,17-18H,6-9H2,1-5H3,(H2,15,16,19). The minimum absolute atomic E-state index is 0.0529. The fraction of sp³-hybridized carbons (Fsp3) is 0.929. The van der Waals surface area contributed by atoms with Crippen LogP contribution < -0.4 is 10.6 Å². The van der Waals surface area contributed by atoms with Gasteiger partial charge in [-0.2, -0.15) is 0 Å². The molecule has 0 radical (unpaired) electrons. The van der Waals surface area contributed by atoms with Crippen molar-refractivity contribution in [1.29, 1.82) is 0 Å². The van der Waals surface area contributed by atoms with Crippen molar-refractivity contribution in [2.45, 2.75) is 59.6 Å². The first kappa shape index (κ1) is 18.2. The summed E-state index contributed by atoms with van der Waals surface area (Å²) in [6, 6.07) is -0.474. The molecule has 0 aromatic heterocycles. The molecule has 4 N–H and O–H groups in total. The van der Waals surface area contributed by atoms with Gasteiger partial charge in [0.2, 0.25) is 0 Å². The molecule has 2 atom stereocenters. The minimum atomic E-state index is -0.383. The highest BCUT2D eigenvalue weighted by atomic mass is 16.3. The Bertz CT molecular complexity index is 265. The van der Waals surface area contributed by atoms with Gasteiger partial charge in [0.15, 0.2) is 0 Å². The maximum atomic E-state index is 11.7. The first-order valence-corrected chi connectivity index (χ1v) is 6.99. The van der Waals surface area contributed by atoms with Crippen LogP contribution in [-0.4, -0.2) is 41.5 Å². The molecule has 0 fully saturated rings. The normalized spacial score (nSPS) is 15.2. The third-order valence-corrected chi connectivity index (χ3v) is 2.89. The third-order valence-electron chi connectivity index (χ3n) is 2.89. The highest BCUT2D eigenvalue weighted by molar-refractivity contribution is 5.74. The van der Waals surface area contributed by atoms with Crippen LogP contribution in [0.5, 0.6) is 0 Å². The predicted molar refractivity (Wildman–Crippen MR) is 76.9 cm³/mol. The Morgan fingerprint density at radius 1 is 1.26 bits per heavy atom. The van der Waals surface area contributed by atoms with E-state index in [0.717, 1.165) is 6.42 Å². The van der Waals surface area contributed by atoms with E-state index in [1.165, 1.54) is 0 Å². The van der Waals surface area contributed by atoms with E-state index in [-0.39, 0.29) is 30.2 Å². The lowest BCUT2D eigenvalue weighted by atomic mass is 9.87. The number of carbonyl (C=O) groups is 1. The second-order valence-corrected chi connectivity index (χ2v) is 6.55. The highest BCUT2D eigenvalue weighted by Gasteiger charge is 2.21. The zero-order chi connectivity index (χ0) is 15.1. The molecule has 0 aliphatic heterocycles. The van der Waals surface area contributed by atoms with Gasteiger partial charge in [-0.1, -0.05) is 27.7 Å². The van der Waals surface area contributed by atoms with Gasteiger partial charge in [-0.3, -0.25) is 0 Å². The zero-order valence-corrected chi connectivity index (χ0v) is 12.9. The first-order valence-electron chi connectivity index (χ1n) is 6.99. The molecule has 0 saturated carbocycles. The molecule has 0 aromatic rings. The molecular formula is C14H30N2O3. The van der Waals surface area contributed by atoms with Crippen molar-refractivity contribution in [3.05, 3.63) is 0 Å². The van der Waals surface area contributed by atoms with Gasteiger partial charge in [0.25, 0.3) is 0 Å². The average Bonchev–Trinajstić information content (AvgIpc) is 2.23. The second-order valence-electron chi connectivity index (χ2n) is 6.55. The zero-order valence-electron chi connectivity index (χ0n) is 12.9. The van der Waals surface area contributed by atoms with E-state index in [9.17, 15) is 15.0 Å². The Hall–Kier alpha value is -0.810. The Kier molecular flexibility index (Phi) is 8.02. The van der Waals surface area contributed by atoms with E-state index in [0.29, 0.717) is 18.9 Å². The molecule has 2 amide bonds. The molecule has 0 aliphatic rings. The van der Waals surface area contributed by atoms with Crippen molar-refractivity contribution >= 4 is 6.03 Å². The number of aliphatic hydroxyl groups excluding tert-OH is 2. The number of carbonyl (C=O) groups excluding carboxylic acids is 1. The fourth-order valence-corrected chi connectivity index (χ4v) is 2.18. The molecule has 0 rings (SSSR count). The Balaban J connectivity index is 4.09. The Labute approximate surface area is 116 Å². The van der Waals surface area contributed by atoms with Crippen LogP contribution in [0.2, 0.25) is 0 Å². The van der Waals surface area contributed by atoms with Gasteiger partial charge in [-0.25, -0.2) is 4.79 Å². The molecule has 0 saturated heterocycles. The van der Waals surface area contributed by atoms with Crippen LogP contribution in [0.25, 0.3) is 0 Å². The van der Waals surface area contributed by atoms with Crippen LogP contribution in [0.15, 0.2) is 0 Å². The summed E-state index contributed by atoms with van der Waals surface area (Å²) >= 11 is 0. The Morgan fingerprint density at radius 3 is 2.26 bits per heavy atom. The Morgan fingerprint density at radius 2 is 1.84 bits per heavy atom. The monoisotopic (exact) mass is 274 g/mol. The average molecular weight is 274 g/mol. The van der Waals surface area contributed by atoms with E-state index < -0.39 is 0 Å². The third kappa shape index (κ3) is 9.73. The maximum absolute atomic E-state index is 11.7. The predicted octanol–water partition coefficient (Wildman–Crippen LogP) is 1.49. The van der Waals surface area contributed by atoms with Gasteiger partial charge < -0.3 is 20.8 Å². The molecule has 0 aromatic carbocycles. The number of amides is 2. The fourth-order valence-electron chi connectivity index (χ4n) is 2.18. The topological polar surface area (TPSA) is 81.6 Å². The summed E-state index contributed by atoms with van der Waals surface area (Å²) in [5.41, 5.74) is -0.154. The molecule has 0 aliphatic carbocycles. The lowest BCUT2D eigenvalue weighted by Gasteiger charge is -2.27. The summed E-state index contributed by atoms with van der Waals surface area (Å²) in [6.45, 7) is 10.3. The molecule has 0 heterocycles. The number of rotatable bonds is 8. The minimum Gasteiger partial charge on any atom is -0.394 e. The second kappa shape index (κ2) is 8.38. The van der Waals surface area contributed by atoms with Gasteiger partial charge in [0.05, 0.1) is 18.8 Å². The summed E-state index contributed by atoms with van der Waals surface area (Å²) in [7, 11) is 0. The number of hydrogen-bond donors (Lipinski definition) is 4. The van der Waals surface area contributed by atoms with E-state index >= 15 is 0 Å². The molecule has 0 spiro atoms. The summed E-state index contributed by atoms with van der Waals surface area (Å²) in [5.74, 6) is 0.420. The number of nitrogens with one attached hydrogen (secondary N) is 2. The van der Waals surface area contributed by atoms with Crippen LogP contribution >= 0.6 is 0 Å². The largest absolute Gasteiger partial charge is 0.394 e. The summed E-state index contributed by atoms with van der Waals surface area (Å²) in [4.78, 5) is 11.7. The molecule has 2 unspecified atom stereocenters. The number of urea groups is 1. The van der Waals surface area contributed by atoms with Crippen molar-refractivity contribution in [3.63, 3.8) is 0 Å². The van der Waals surface area contributed by atoms with Crippen molar-refractivity contribution in [2.24, 2.45) is 11.3 Å². The van der Waals surface area contributed by atoms with Gasteiger partial charge in [-0.05, 0) is 31.1 Å². The van der Waals surface area contributed by atoms with E-state index in [4.69, 9.17) is 0 Å². The molecule has 19 heavy (non-hydrogen) atoms. The molecule has 114 valence electrons. The van der Waals surface area contributed by atoms with Gasteiger partial charge >= 0.3 is 6.03 Å². The van der Waals surface area contributed by atoms with Crippen LogP contribution in [0.1, 0.15) is 47.5 Å². The quantitative estimate of drug-likeness (QED) is 0.541. The van der Waals surface area contributed by atoms with Gasteiger partial charge in [-0.15, -0.1) is 0 Å². The molecule has 5 nitrogen and oxygen atoms in total. The highest BCUT2D eigenvalue weighted by Crippen LogP contribution is 2.20. The summed E-state index contributed by atoms with van der Waals surface area (Å²) < 4.78 is 0. The summed E-state index contributed by atoms with van der Waals surface area (Å²) in [6.07, 6.45) is 0.995.